The van der Waals surface area contributed by atoms with Crippen LogP contribution >= 0.6 is 11.6 Å². The van der Waals surface area contributed by atoms with Gasteiger partial charge in [0.2, 0.25) is 0 Å². The Hall–Kier alpha value is -2.57. The van der Waals surface area contributed by atoms with Crippen molar-refractivity contribution in [2.75, 3.05) is 0 Å². The van der Waals surface area contributed by atoms with Crippen LogP contribution in [-0.2, 0) is 4.79 Å². The lowest BCUT2D eigenvalue weighted by atomic mass is 10.0. The molecule has 0 heterocycles. The maximum absolute atomic E-state index is 11.3. The van der Waals surface area contributed by atoms with Crippen LogP contribution in [0.15, 0.2) is 48.5 Å². The lowest BCUT2D eigenvalue weighted by molar-refractivity contribution is -0.134. The molecule has 0 bridgehead atoms. The zero-order valence-electron chi connectivity index (χ0n) is 12.0. The number of carbonyl (C=O) groups is 1. The second-order valence-electron chi connectivity index (χ2n) is 4.58. The Morgan fingerprint density at radius 1 is 1.27 bits per heavy atom. The van der Waals surface area contributed by atoms with Gasteiger partial charge in [0, 0.05) is 11.4 Å². The monoisotopic (exact) mass is 311 g/mol. The fourth-order valence-electron chi connectivity index (χ4n) is 1.85. The van der Waals surface area contributed by atoms with Crippen molar-refractivity contribution in [2.45, 2.75) is 13.3 Å². The predicted molar refractivity (Wildman–Crippen MR) is 87.3 cm³/mol. The van der Waals surface area contributed by atoms with Gasteiger partial charge in [-0.3, -0.25) is 4.79 Å². The Labute approximate surface area is 134 Å². The van der Waals surface area contributed by atoms with Crippen molar-refractivity contribution >= 4 is 29.2 Å². The molecule has 0 fully saturated rings. The molecule has 0 aliphatic carbocycles. The third-order valence-electron chi connectivity index (χ3n) is 2.97. The Kier molecular flexibility index (Phi) is 5.35. The average Bonchev–Trinajstić information content (AvgIpc) is 2.54. The van der Waals surface area contributed by atoms with Gasteiger partial charge in [0.15, 0.2) is 0 Å². The third-order valence-corrected chi connectivity index (χ3v) is 3.22. The second-order valence-corrected chi connectivity index (χ2v) is 5.01. The Morgan fingerprint density at radius 3 is 2.64 bits per heavy atom. The summed E-state index contributed by atoms with van der Waals surface area (Å²) >= 11 is 5.85. The van der Waals surface area contributed by atoms with Crippen LogP contribution in [0.5, 0.6) is 5.75 Å². The van der Waals surface area contributed by atoms with E-state index in [9.17, 15) is 10.1 Å². The topological polar surface area (TPSA) is 50.1 Å². The van der Waals surface area contributed by atoms with Crippen LogP contribution in [-0.4, -0.2) is 5.97 Å². The van der Waals surface area contributed by atoms with Crippen molar-refractivity contribution in [3.63, 3.8) is 0 Å². The number of hydrogen-bond donors (Lipinski definition) is 0. The van der Waals surface area contributed by atoms with Crippen molar-refractivity contribution in [2.24, 2.45) is 0 Å². The number of ether oxygens (including phenoxy) is 1. The van der Waals surface area contributed by atoms with Gasteiger partial charge in [0.1, 0.15) is 5.75 Å². The summed E-state index contributed by atoms with van der Waals surface area (Å²) < 4.78 is 5.17. The lowest BCUT2D eigenvalue weighted by Crippen LogP contribution is -2.05. The van der Waals surface area contributed by atoms with E-state index >= 15 is 0 Å². The van der Waals surface area contributed by atoms with Crippen molar-refractivity contribution in [3.05, 3.63) is 64.7 Å². The van der Waals surface area contributed by atoms with Crippen molar-refractivity contribution < 1.29 is 9.53 Å². The molecule has 22 heavy (non-hydrogen) atoms. The first-order chi connectivity index (χ1) is 10.6. The number of carbonyl (C=O) groups excluding carboxylic acids is 1. The van der Waals surface area contributed by atoms with Crippen molar-refractivity contribution in [3.8, 4) is 11.8 Å². The molecule has 0 aromatic heterocycles. The largest absolute Gasteiger partial charge is 0.427 e. The van der Waals surface area contributed by atoms with Gasteiger partial charge in [-0.25, -0.2) is 0 Å². The number of benzene rings is 2. The summed E-state index contributed by atoms with van der Waals surface area (Å²) in [6, 6.07) is 16.3. The molecule has 2 aromatic rings. The molecule has 0 saturated carbocycles. The van der Waals surface area contributed by atoms with Crippen LogP contribution in [0.4, 0.5) is 0 Å². The highest BCUT2D eigenvalue weighted by Gasteiger charge is 2.04. The highest BCUT2D eigenvalue weighted by Crippen LogP contribution is 2.22. The number of esters is 1. The summed E-state index contributed by atoms with van der Waals surface area (Å²) in [7, 11) is 0. The van der Waals surface area contributed by atoms with E-state index in [1.165, 1.54) is 0 Å². The number of halogens is 1. The predicted octanol–water partition coefficient (Wildman–Crippen LogP) is 4.72. The van der Waals surface area contributed by atoms with E-state index in [1.54, 1.807) is 55.5 Å². The highest BCUT2D eigenvalue weighted by atomic mass is 35.5. The SMILES string of the molecule is CCC(=O)Oc1cccc(/C=C(/C#N)c2ccc(Cl)cc2)c1. The van der Waals surface area contributed by atoms with E-state index in [2.05, 4.69) is 6.07 Å². The minimum atomic E-state index is -0.292. The van der Waals surface area contributed by atoms with E-state index in [0.717, 1.165) is 11.1 Å². The summed E-state index contributed by atoms with van der Waals surface area (Å²) in [6.45, 7) is 1.74. The lowest BCUT2D eigenvalue weighted by Gasteiger charge is -2.04. The quantitative estimate of drug-likeness (QED) is 0.355. The molecule has 0 N–H and O–H groups in total. The average molecular weight is 312 g/mol. The summed E-state index contributed by atoms with van der Waals surface area (Å²) in [6.07, 6.45) is 2.06. The maximum atomic E-state index is 11.3. The molecule has 0 radical (unpaired) electrons. The van der Waals surface area contributed by atoms with Gasteiger partial charge in [-0.05, 0) is 41.5 Å². The molecule has 2 aromatic carbocycles. The highest BCUT2D eigenvalue weighted by molar-refractivity contribution is 6.30. The summed E-state index contributed by atoms with van der Waals surface area (Å²) in [5.41, 5.74) is 2.08. The van der Waals surface area contributed by atoms with Crippen molar-refractivity contribution in [1.29, 1.82) is 5.26 Å². The van der Waals surface area contributed by atoms with Gasteiger partial charge in [-0.2, -0.15) is 5.26 Å². The van der Waals surface area contributed by atoms with Crippen LogP contribution in [0, 0.1) is 11.3 Å². The molecule has 2 rings (SSSR count). The number of nitrogens with zero attached hydrogens (tertiary/aromatic N) is 1. The minimum Gasteiger partial charge on any atom is -0.427 e. The number of allylic oxidation sites excluding steroid dienone is 1. The van der Waals surface area contributed by atoms with Gasteiger partial charge in [0.25, 0.3) is 0 Å². The summed E-state index contributed by atoms with van der Waals surface area (Å²) in [5.74, 6) is 0.174. The van der Waals surface area contributed by atoms with Crippen LogP contribution < -0.4 is 4.74 Å². The van der Waals surface area contributed by atoms with Gasteiger partial charge < -0.3 is 4.74 Å². The molecule has 0 spiro atoms. The second kappa shape index (κ2) is 7.44. The molecule has 110 valence electrons. The molecule has 0 unspecified atom stereocenters. The molecule has 0 saturated heterocycles. The third kappa shape index (κ3) is 4.21. The fraction of sp³-hybridized carbons (Fsp3) is 0.111. The zero-order valence-corrected chi connectivity index (χ0v) is 12.8. The van der Waals surface area contributed by atoms with Gasteiger partial charge in [-0.1, -0.05) is 42.8 Å². The maximum Gasteiger partial charge on any atom is 0.310 e. The smallest absolute Gasteiger partial charge is 0.310 e. The Morgan fingerprint density at radius 2 is 2.00 bits per heavy atom. The molecule has 4 heteroatoms. The van der Waals surface area contributed by atoms with Gasteiger partial charge in [-0.15, -0.1) is 0 Å². The van der Waals surface area contributed by atoms with Crippen LogP contribution in [0.25, 0.3) is 11.6 Å². The standard InChI is InChI=1S/C18H14ClNO2/c1-2-18(21)22-17-5-3-4-13(11-17)10-15(12-20)14-6-8-16(19)9-7-14/h3-11H,2H2,1H3/b15-10-. The molecular weight excluding hydrogens is 298 g/mol. The fourth-order valence-corrected chi connectivity index (χ4v) is 1.97. The zero-order chi connectivity index (χ0) is 15.9. The Bertz CT molecular complexity index is 742. The number of nitriles is 1. The first kappa shape index (κ1) is 15.8. The van der Waals surface area contributed by atoms with E-state index in [0.29, 0.717) is 22.8 Å². The summed E-state index contributed by atoms with van der Waals surface area (Å²) in [5, 5.41) is 9.95. The molecular formula is C18H14ClNO2. The van der Waals surface area contributed by atoms with Crippen LogP contribution in [0.1, 0.15) is 24.5 Å². The molecule has 3 nitrogen and oxygen atoms in total. The van der Waals surface area contributed by atoms with Gasteiger partial charge in [0.05, 0.1) is 11.6 Å². The minimum absolute atomic E-state index is 0.292. The van der Waals surface area contributed by atoms with Crippen LogP contribution in [0.2, 0.25) is 5.02 Å². The first-order valence-electron chi connectivity index (χ1n) is 6.81. The van der Waals surface area contributed by atoms with Gasteiger partial charge >= 0.3 is 5.97 Å². The number of hydrogen-bond acceptors (Lipinski definition) is 3. The first-order valence-corrected chi connectivity index (χ1v) is 7.18. The summed E-state index contributed by atoms with van der Waals surface area (Å²) in [4.78, 5) is 11.3. The molecule has 0 amide bonds. The van der Waals surface area contributed by atoms with E-state index in [4.69, 9.17) is 16.3 Å². The van der Waals surface area contributed by atoms with E-state index < -0.39 is 0 Å². The number of rotatable bonds is 4. The molecule has 0 aliphatic heterocycles. The Balaban J connectivity index is 2.30. The molecule has 0 atom stereocenters. The normalized spacial score (nSPS) is 10.9. The van der Waals surface area contributed by atoms with Crippen LogP contribution in [0.3, 0.4) is 0 Å². The molecule has 0 aliphatic rings. The van der Waals surface area contributed by atoms with E-state index in [-0.39, 0.29) is 5.97 Å². The van der Waals surface area contributed by atoms with E-state index in [1.807, 2.05) is 6.07 Å². The van der Waals surface area contributed by atoms with Crippen molar-refractivity contribution in [1.82, 2.24) is 0 Å².